The van der Waals surface area contributed by atoms with Crippen LogP contribution in [0.15, 0.2) is 48.5 Å². The SMILES string of the molecule is C[C@H](C(=O)C[C@@H]1Cc2ccccc2[C@H]1S(C)(=O)=O)c1ccc(F)cc1. The van der Waals surface area contributed by atoms with Gasteiger partial charge in [0.25, 0.3) is 0 Å². The molecule has 3 nitrogen and oxygen atoms in total. The molecule has 1 aliphatic rings. The lowest BCUT2D eigenvalue weighted by Crippen LogP contribution is -2.22. The summed E-state index contributed by atoms with van der Waals surface area (Å²) < 4.78 is 37.7. The molecular weight excluding hydrogens is 339 g/mol. The third-order valence-electron chi connectivity index (χ3n) is 5.05. The molecule has 25 heavy (non-hydrogen) atoms. The van der Waals surface area contributed by atoms with Gasteiger partial charge in [-0.25, -0.2) is 12.8 Å². The number of carbonyl (C=O) groups excluding carboxylic acids is 1. The van der Waals surface area contributed by atoms with Crippen molar-refractivity contribution in [2.24, 2.45) is 5.92 Å². The van der Waals surface area contributed by atoms with E-state index < -0.39 is 15.1 Å². The highest BCUT2D eigenvalue weighted by Gasteiger charge is 2.40. The first-order chi connectivity index (χ1) is 11.8. The van der Waals surface area contributed by atoms with Gasteiger partial charge in [0.1, 0.15) is 11.6 Å². The Balaban J connectivity index is 1.82. The van der Waals surface area contributed by atoms with Gasteiger partial charge in [-0.1, -0.05) is 43.3 Å². The molecule has 0 N–H and O–H groups in total. The highest BCUT2D eigenvalue weighted by atomic mass is 32.2. The van der Waals surface area contributed by atoms with Gasteiger partial charge in [-0.15, -0.1) is 0 Å². The minimum Gasteiger partial charge on any atom is -0.299 e. The lowest BCUT2D eigenvalue weighted by Gasteiger charge is -2.20. The Morgan fingerprint density at radius 1 is 1.16 bits per heavy atom. The van der Waals surface area contributed by atoms with Crippen LogP contribution in [0.25, 0.3) is 0 Å². The maximum atomic E-state index is 13.1. The average molecular weight is 360 g/mol. The number of sulfone groups is 1. The summed E-state index contributed by atoms with van der Waals surface area (Å²) in [5, 5.41) is -0.631. The van der Waals surface area contributed by atoms with Gasteiger partial charge in [-0.2, -0.15) is 0 Å². The van der Waals surface area contributed by atoms with Gasteiger partial charge in [-0.05, 0) is 41.2 Å². The summed E-state index contributed by atoms with van der Waals surface area (Å²) >= 11 is 0. The Kier molecular flexibility index (Phi) is 4.78. The van der Waals surface area contributed by atoms with Gasteiger partial charge in [-0.3, -0.25) is 4.79 Å². The van der Waals surface area contributed by atoms with Crippen molar-refractivity contribution >= 4 is 15.6 Å². The Hall–Kier alpha value is -2.01. The Morgan fingerprint density at radius 3 is 2.44 bits per heavy atom. The average Bonchev–Trinajstić information content (AvgIpc) is 2.92. The highest BCUT2D eigenvalue weighted by molar-refractivity contribution is 7.91. The number of carbonyl (C=O) groups is 1. The third kappa shape index (κ3) is 3.66. The molecule has 132 valence electrons. The van der Waals surface area contributed by atoms with E-state index in [1.54, 1.807) is 19.1 Å². The fourth-order valence-corrected chi connectivity index (χ4v) is 5.36. The maximum Gasteiger partial charge on any atom is 0.154 e. The number of halogens is 1. The van der Waals surface area contributed by atoms with Crippen LogP contribution in [-0.4, -0.2) is 20.5 Å². The van der Waals surface area contributed by atoms with Gasteiger partial charge in [0.05, 0.1) is 5.25 Å². The standard InChI is InChI=1S/C20H21FO3S/c1-13(14-7-9-17(21)10-8-14)19(22)12-16-11-15-5-3-4-6-18(15)20(16)25(2,23)24/h3-10,13,16,20H,11-12H2,1-2H3/t13-,16-,20-/m0/s1. The van der Waals surface area contributed by atoms with Crippen molar-refractivity contribution in [3.05, 3.63) is 71.0 Å². The van der Waals surface area contributed by atoms with Crippen LogP contribution >= 0.6 is 0 Å². The molecule has 0 aliphatic heterocycles. The summed E-state index contributed by atoms with van der Waals surface area (Å²) in [7, 11) is -3.31. The first-order valence-electron chi connectivity index (χ1n) is 8.32. The third-order valence-corrected chi connectivity index (χ3v) is 6.61. The quantitative estimate of drug-likeness (QED) is 0.814. The van der Waals surface area contributed by atoms with Crippen LogP contribution in [0, 0.1) is 11.7 Å². The van der Waals surface area contributed by atoms with Crippen LogP contribution in [-0.2, 0) is 21.1 Å². The van der Waals surface area contributed by atoms with Crippen molar-refractivity contribution in [2.75, 3.05) is 6.26 Å². The van der Waals surface area contributed by atoms with Gasteiger partial charge in [0, 0.05) is 18.6 Å². The smallest absolute Gasteiger partial charge is 0.154 e. The van der Waals surface area contributed by atoms with Crippen LogP contribution in [0.2, 0.25) is 0 Å². The zero-order chi connectivity index (χ0) is 18.2. The van der Waals surface area contributed by atoms with Crippen molar-refractivity contribution in [3.8, 4) is 0 Å². The molecular formula is C20H21FO3S. The van der Waals surface area contributed by atoms with Crippen molar-refractivity contribution < 1.29 is 17.6 Å². The molecule has 3 rings (SSSR count). The topological polar surface area (TPSA) is 51.2 Å². The molecule has 0 heterocycles. The maximum absolute atomic E-state index is 13.1. The van der Waals surface area contributed by atoms with Crippen molar-refractivity contribution in [3.63, 3.8) is 0 Å². The van der Waals surface area contributed by atoms with Crippen LogP contribution < -0.4 is 0 Å². The molecule has 1 aliphatic carbocycles. The highest BCUT2D eigenvalue weighted by Crippen LogP contribution is 2.43. The Bertz CT molecular complexity index is 887. The second kappa shape index (κ2) is 6.71. The number of fused-ring (bicyclic) bond motifs is 1. The van der Waals surface area contributed by atoms with Crippen LogP contribution in [0.5, 0.6) is 0 Å². The second-order valence-electron chi connectivity index (χ2n) is 6.86. The first-order valence-corrected chi connectivity index (χ1v) is 10.3. The van der Waals surface area contributed by atoms with E-state index >= 15 is 0 Å². The fourth-order valence-electron chi connectivity index (χ4n) is 3.77. The van der Waals surface area contributed by atoms with Crippen LogP contribution in [0.4, 0.5) is 4.39 Å². The molecule has 0 unspecified atom stereocenters. The summed E-state index contributed by atoms with van der Waals surface area (Å²) in [5.74, 6) is -0.989. The molecule has 0 saturated carbocycles. The number of hydrogen-bond donors (Lipinski definition) is 0. The number of benzene rings is 2. The van der Waals surface area contributed by atoms with Gasteiger partial charge >= 0.3 is 0 Å². The van der Waals surface area contributed by atoms with E-state index in [1.165, 1.54) is 18.4 Å². The predicted octanol–water partition coefficient (Wildman–Crippen LogP) is 3.85. The zero-order valence-electron chi connectivity index (χ0n) is 14.3. The monoisotopic (exact) mass is 360 g/mol. The van der Waals surface area contributed by atoms with Crippen molar-refractivity contribution in [1.82, 2.24) is 0 Å². The largest absolute Gasteiger partial charge is 0.299 e. The molecule has 0 saturated heterocycles. The number of Topliss-reactive ketones (excluding diaryl/α,β-unsaturated/α-hetero) is 1. The van der Waals surface area contributed by atoms with Crippen LogP contribution in [0.1, 0.15) is 41.2 Å². The zero-order valence-corrected chi connectivity index (χ0v) is 15.1. The molecule has 0 spiro atoms. The van der Waals surface area contributed by atoms with Crippen LogP contribution in [0.3, 0.4) is 0 Å². The predicted molar refractivity (Wildman–Crippen MR) is 95.7 cm³/mol. The number of hydrogen-bond acceptors (Lipinski definition) is 3. The van der Waals surface area contributed by atoms with E-state index in [9.17, 15) is 17.6 Å². The molecule has 0 aromatic heterocycles. The fraction of sp³-hybridized carbons (Fsp3) is 0.350. The summed E-state index contributed by atoms with van der Waals surface area (Å²) in [6.45, 7) is 1.78. The van der Waals surface area contributed by atoms with E-state index in [2.05, 4.69) is 0 Å². The summed E-state index contributed by atoms with van der Waals surface area (Å²) in [6.07, 6.45) is 2.03. The molecule has 0 radical (unpaired) electrons. The van der Waals surface area contributed by atoms with E-state index in [1.807, 2.05) is 24.3 Å². The van der Waals surface area contributed by atoms with E-state index in [-0.39, 0.29) is 29.9 Å². The molecule has 0 fully saturated rings. The molecule has 2 aromatic rings. The van der Waals surface area contributed by atoms with E-state index in [4.69, 9.17) is 0 Å². The number of rotatable bonds is 5. The lowest BCUT2D eigenvalue weighted by atomic mass is 9.89. The Morgan fingerprint density at radius 2 is 1.80 bits per heavy atom. The molecule has 0 amide bonds. The summed E-state index contributed by atoms with van der Waals surface area (Å²) in [6, 6.07) is 13.4. The summed E-state index contributed by atoms with van der Waals surface area (Å²) in [4.78, 5) is 12.7. The summed E-state index contributed by atoms with van der Waals surface area (Å²) in [5.41, 5.74) is 2.57. The molecule has 3 atom stereocenters. The molecule has 5 heteroatoms. The van der Waals surface area contributed by atoms with Crippen molar-refractivity contribution in [2.45, 2.75) is 30.9 Å². The second-order valence-corrected chi connectivity index (χ2v) is 9.02. The minimum absolute atomic E-state index is 0.0157. The lowest BCUT2D eigenvalue weighted by molar-refractivity contribution is -0.121. The molecule has 0 bridgehead atoms. The van der Waals surface area contributed by atoms with E-state index in [0.717, 1.165) is 16.7 Å². The van der Waals surface area contributed by atoms with Crippen molar-refractivity contribution in [1.29, 1.82) is 0 Å². The van der Waals surface area contributed by atoms with Gasteiger partial charge in [0.2, 0.25) is 0 Å². The normalized spacial score (nSPS) is 20.9. The Labute approximate surface area is 147 Å². The number of ketones is 1. The first kappa shape index (κ1) is 17.8. The van der Waals surface area contributed by atoms with Gasteiger partial charge in [0.15, 0.2) is 9.84 Å². The minimum atomic E-state index is -3.31. The van der Waals surface area contributed by atoms with E-state index in [0.29, 0.717) is 6.42 Å². The van der Waals surface area contributed by atoms with Gasteiger partial charge < -0.3 is 0 Å². The molecule has 2 aromatic carbocycles.